The minimum Gasteiger partial charge on any atom is -0.481 e. The molecule has 0 bridgehead atoms. The Morgan fingerprint density at radius 1 is 1.23 bits per heavy atom. The molecule has 11 heteroatoms. The smallest absolute Gasteiger partial charge is 0.471 e. The van der Waals surface area contributed by atoms with E-state index in [4.69, 9.17) is 5.73 Å². The zero-order valence-electron chi connectivity index (χ0n) is 15.1. The highest BCUT2D eigenvalue weighted by atomic mass is 19.4. The van der Waals surface area contributed by atoms with Crippen LogP contribution >= 0.6 is 0 Å². The summed E-state index contributed by atoms with van der Waals surface area (Å²) in [5.74, 6) is -4.55. The van der Waals surface area contributed by atoms with Crippen molar-refractivity contribution in [1.82, 2.24) is 15.1 Å². The molecule has 26 heavy (non-hydrogen) atoms. The van der Waals surface area contributed by atoms with Crippen molar-refractivity contribution < 1.29 is 32.7 Å². The predicted octanol–water partition coefficient (Wildman–Crippen LogP) is 0.616. The number of carbonyl (C=O) groups is 3. The maximum absolute atomic E-state index is 12.9. The van der Waals surface area contributed by atoms with Gasteiger partial charge in [0, 0.05) is 31.2 Å². The summed E-state index contributed by atoms with van der Waals surface area (Å²) in [6.45, 7) is 6.24. The standard InChI is InChI=1S/C15H25F3N4O4/c1-7(2)22(8(3)4)14(26)21-6-9(12(23)24)11(19)10(21)5-20-13(25)15(16,17)18/h7-11H,5-6,19H2,1-4H3,(H,20,25)(H,23,24)/t9-,10+,11-/m1/s1. The normalized spacial score (nSPS) is 23.5. The fraction of sp³-hybridized carbons (Fsp3) is 0.800. The number of hydrogen-bond donors (Lipinski definition) is 3. The molecule has 1 aliphatic heterocycles. The molecule has 3 atom stereocenters. The maximum atomic E-state index is 12.9. The summed E-state index contributed by atoms with van der Waals surface area (Å²) in [5, 5.41) is 11.0. The number of rotatable bonds is 5. The van der Waals surface area contributed by atoms with Gasteiger partial charge in [-0.1, -0.05) is 0 Å². The van der Waals surface area contributed by atoms with Crippen LogP contribution in [0, 0.1) is 5.92 Å². The van der Waals surface area contributed by atoms with E-state index in [1.54, 1.807) is 33.0 Å². The van der Waals surface area contributed by atoms with Gasteiger partial charge in [-0.3, -0.25) is 9.59 Å². The van der Waals surface area contributed by atoms with Crippen molar-refractivity contribution in [1.29, 1.82) is 0 Å². The maximum Gasteiger partial charge on any atom is 0.471 e. The molecule has 3 amide bonds. The third-order valence-corrected chi connectivity index (χ3v) is 4.33. The van der Waals surface area contributed by atoms with Crippen LogP contribution in [-0.2, 0) is 9.59 Å². The number of alkyl halides is 3. The number of likely N-dealkylation sites (tertiary alicyclic amines) is 1. The quantitative estimate of drug-likeness (QED) is 0.645. The van der Waals surface area contributed by atoms with Gasteiger partial charge in [-0.25, -0.2) is 4.79 Å². The van der Waals surface area contributed by atoms with Crippen molar-refractivity contribution in [2.24, 2.45) is 11.7 Å². The number of aliphatic carboxylic acids is 1. The number of urea groups is 1. The van der Waals surface area contributed by atoms with E-state index < -0.39 is 48.6 Å². The lowest BCUT2D eigenvalue weighted by molar-refractivity contribution is -0.173. The first-order valence-electron chi connectivity index (χ1n) is 8.21. The topological polar surface area (TPSA) is 116 Å². The predicted molar refractivity (Wildman–Crippen MR) is 86.2 cm³/mol. The van der Waals surface area contributed by atoms with Gasteiger partial charge in [0.1, 0.15) is 0 Å². The van der Waals surface area contributed by atoms with Crippen LogP contribution in [0.15, 0.2) is 0 Å². The van der Waals surface area contributed by atoms with E-state index in [2.05, 4.69) is 0 Å². The summed E-state index contributed by atoms with van der Waals surface area (Å²) < 4.78 is 37.2. The molecule has 0 saturated carbocycles. The summed E-state index contributed by atoms with van der Waals surface area (Å²) in [4.78, 5) is 37.9. The molecule has 0 unspecified atom stereocenters. The minimum atomic E-state index is -5.08. The van der Waals surface area contributed by atoms with Crippen molar-refractivity contribution in [3.05, 3.63) is 0 Å². The molecule has 1 fully saturated rings. The zero-order valence-corrected chi connectivity index (χ0v) is 15.1. The fourth-order valence-corrected chi connectivity index (χ4v) is 3.14. The summed E-state index contributed by atoms with van der Waals surface area (Å²) >= 11 is 0. The Bertz CT molecular complexity index is 545. The summed E-state index contributed by atoms with van der Waals surface area (Å²) in [5.41, 5.74) is 5.87. The second kappa shape index (κ2) is 8.11. The Kier molecular flexibility index (Phi) is 6.86. The number of halogens is 3. The molecule has 0 aromatic rings. The Morgan fingerprint density at radius 3 is 2.12 bits per heavy atom. The van der Waals surface area contributed by atoms with Gasteiger partial charge < -0.3 is 26.0 Å². The molecule has 4 N–H and O–H groups in total. The van der Waals surface area contributed by atoms with Crippen LogP contribution < -0.4 is 11.1 Å². The van der Waals surface area contributed by atoms with E-state index in [1.807, 2.05) is 0 Å². The van der Waals surface area contributed by atoms with Crippen LogP contribution in [-0.4, -0.2) is 76.2 Å². The number of hydrogen-bond acceptors (Lipinski definition) is 4. The second-order valence-corrected chi connectivity index (χ2v) is 6.83. The molecule has 0 aliphatic carbocycles. The average molecular weight is 382 g/mol. The van der Waals surface area contributed by atoms with Crippen LogP contribution in [0.3, 0.4) is 0 Å². The molecule has 1 saturated heterocycles. The molecule has 0 aromatic carbocycles. The first kappa shape index (κ1) is 22.0. The van der Waals surface area contributed by atoms with Gasteiger partial charge in [-0.05, 0) is 27.7 Å². The lowest BCUT2D eigenvalue weighted by Crippen LogP contribution is -2.56. The number of carboxylic acids is 1. The van der Waals surface area contributed by atoms with Crippen LogP contribution in [0.25, 0.3) is 0 Å². The molecular weight excluding hydrogens is 357 g/mol. The molecular formula is C15H25F3N4O4. The van der Waals surface area contributed by atoms with E-state index >= 15 is 0 Å². The molecule has 0 radical (unpaired) electrons. The van der Waals surface area contributed by atoms with Crippen molar-refractivity contribution >= 4 is 17.9 Å². The Labute approximate surface area is 149 Å². The second-order valence-electron chi connectivity index (χ2n) is 6.83. The SMILES string of the molecule is CC(C)N(C(=O)N1C[C@@H](C(=O)O)[C@@H](N)[C@@H]1CNC(=O)C(F)(F)F)C(C)C. The highest BCUT2D eigenvalue weighted by Gasteiger charge is 2.48. The largest absolute Gasteiger partial charge is 0.481 e. The molecule has 1 aliphatic rings. The number of carbonyl (C=O) groups excluding carboxylic acids is 2. The zero-order chi connectivity index (χ0) is 20.4. The van der Waals surface area contributed by atoms with Crippen molar-refractivity contribution in [3.63, 3.8) is 0 Å². The van der Waals surface area contributed by atoms with Gasteiger partial charge in [-0.15, -0.1) is 0 Å². The van der Waals surface area contributed by atoms with Gasteiger partial charge in [0.15, 0.2) is 0 Å². The molecule has 0 spiro atoms. The molecule has 1 rings (SSSR count). The number of nitrogens with zero attached hydrogens (tertiary/aromatic N) is 2. The number of nitrogens with two attached hydrogens (primary N) is 1. The molecule has 150 valence electrons. The summed E-state index contributed by atoms with van der Waals surface area (Å²) in [6, 6.07) is -3.12. The van der Waals surface area contributed by atoms with E-state index in [9.17, 15) is 32.7 Å². The van der Waals surface area contributed by atoms with Crippen molar-refractivity contribution in [3.8, 4) is 0 Å². The van der Waals surface area contributed by atoms with Crippen LogP contribution in [0.1, 0.15) is 27.7 Å². The Morgan fingerprint density at radius 2 is 1.73 bits per heavy atom. The number of carboxylic acid groups (broad SMARTS) is 1. The van der Waals surface area contributed by atoms with Gasteiger partial charge in [-0.2, -0.15) is 13.2 Å². The van der Waals surface area contributed by atoms with Crippen LogP contribution in [0.5, 0.6) is 0 Å². The monoisotopic (exact) mass is 382 g/mol. The Balaban J connectivity index is 3.06. The summed E-state index contributed by atoms with van der Waals surface area (Å²) in [7, 11) is 0. The average Bonchev–Trinajstić information content (AvgIpc) is 2.79. The lowest BCUT2D eigenvalue weighted by atomic mass is 10.00. The fourth-order valence-electron chi connectivity index (χ4n) is 3.14. The lowest BCUT2D eigenvalue weighted by Gasteiger charge is -2.37. The van der Waals surface area contributed by atoms with Crippen molar-refractivity contribution in [2.45, 2.75) is 58.0 Å². The molecule has 8 nitrogen and oxygen atoms in total. The highest BCUT2D eigenvalue weighted by Crippen LogP contribution is 2.26. The number of nitrogens with one attached hydrogen (secondary N) is 1. The first-order chi connectivity index (χ1) is 11.8. The minimum absolute atomic E-state index is 0.215. The van der Waals surface area contributed by atoms with E-state index in [0.717, 1.165) is 4.90 Å². The van der Waals surface area contributed by atoms with Gasteiger partial charge in [0.05, 0.1) is 12.0 Å². The van der Waals surface area contributed by atoms with Crippen LogP contribution in [0.4, 0.5) is 18.0 Å². The van der Waals surface area contributed by atoms with Gasteiger partial charge in [0.25, 0.3) is 0 Å². The number of amides is 3. The highest BCUT2D eigenvalue weighted by molar-refractivity contribution is 5.82. The van der Waals surface area contributed by atoms with Crippen LogP contribution in [0.2, 0.25) is 0 Å². The van der Waals surface area contributed by atoms with Gasteiger partial charge >= 0.3 is 24.1 Å². The first-order valence-corrected chi connectivity index (χ1v) is 8.21. The van der Waals surface area contributed by atoms with E-state index in [-0.39, 0.29) is 18.6 Å². The van der Waals surface area contributed by atoms with E-state index in [0.29, 0.717) is 0 Å². The van der Waals surface area contributed by atoms with Gasteiger partial charge in [0.2, 0.25) is 0 Å². The molecule has 0 aromatic heterocycles. The van der Waals surface area contributed by atoms with Crippen molar-refractivity contribution in [2.75, 3.05) is 13.1 Å². The Hall–Kier alpha value is -2.04. The summed E-state index contributed by atoms with van der Waals surface area (Å²) in [6.07, 6.45) is -5.08. The third-order valence-electron chi connectivity index (χ3n) is 4.33. The van der Waals surface area contributed by atoms with E-state index in [1.165, 1.54) is 4.90 Å². The third kappa shape index (κ3) is 4.77. The molecule has 1 heterocycles.